The average Bonchev–Trinajstić information content (AvgIpc) is 1.63. The van der Waals surface area contributed by atoms with E-state index in [1.807, 2.05) is 165 Å². The number of Topliss-reactive ketones (excluding diaryl/α,β-unsaturated/α-hetero) is 5. The minimum Gasteiger partial charge on any atom is -0.481 e. The Morgan fingerprint density at radius 1 is 0.685 bits per heavy atom. The van der Waals surface area contributed by atoms with Gasteiger partial charge in [0.1, 0.15) is 41.5 Å². The van der Waals surface area contributed by atoms with Gasteiger partial charge in [-0.3, -0.25) is 48.2 Å². The minimum absolute atomic E-state index is 0. The Labute approximate surface area is 681 Å². The Bertz CT molecular complexity index is 3400. The highest BCUT2D eigenvalue weighted by Crippen LogP contribution is 2.38. The zero-order valence-electron chi connectivity index (χ0n) is 70.4. The molecule has 0 radical (unpaired) electrons. The zero-order chi connectivity index (χ0) is 86.3. The number of aliphatic carboxylic acids is 2. The molecule has 0 aliphatic carbocycles. The van der Waals surface area contributed by atoms with E-state index >= 15 is 0 Å². The molecule has 2 aromatic carbocycles. The second-order valence-electron chi connectivity index (χ2n) is 31.0. The second-order valence-corrected chi connectivity index (χ2v) is 32.6. The maximum absolute atomic E-state index is 12.4. The molecule has 628 valence electrons. The molecule has 29 heteroatoms. The number of halogens is 2. The summed E-state index contributed by atoms with van der Waals surface area (Å²) in [6.07, 6.45) is 4.70. The maximum atomic E-state index is 12.4. The first-order valence-corrected chi connectivity index (χ1v) is 38.5. The van der Waals surface area contributed by atoms with Crippen molar-refractivity contribution in [3.8, 4) is 6.07 Å². The van der Waals surface area contributed by atoms with Gasteiger partial charge < -0.3 is 66.6 Å². The topological polar surface area (TPSA) is 402 Å². The third kappa shape index (κ3) is 33.9. The number of carbonyl (C=O) groups excluding carboxylic acids is 9. The number of nitrogens with one attached hydrogen (secondary N) is 2. The van der Waals surface area contributed by atoms with E-state index in [-0.39, 0.29) is 106 Å². The molecule has 0 saturated carbocycles. The van der Waals surface area contributed by atoms with Crippen molar-refractivity contribution >= 4 is 111 Å². The van der Waals surface area contributed by atoms with Gasteiger partial charge in [0.05, 0.1) is 47.0 Å². The molecule has 4 aliphatic heterocycles. The number of thiocarbonyl (C=S) groups is 1. The number of methoxy groups -OCH3 is 2. The molecule has 4 saturated heterocycles. The van der Waals surface area contributed by atoms with Crippen LogP contribution in [0.25, 0.3) is 4.85 Å². The third-order valence-corrected chi connectivity index (χ3v) is 22.5. The number of alkyl halides is 1. The van der Waals surface area contributed by atoms with Gasteiger partial charge in [-0.2, -0.15) is 5.26 Å². The third-order valence-electron chi connectivity index (χ3n) is 21.8. The van der Waals surface area contributed by atoms with Crippen molar-refractivity contribution in [3.63, 3.8) is 0 Å². The number of nitrogens with zero attached hydrogens (tertiary/aromatic N) is 4. The van der Waals surface area contributed by atoms with Crippen LogP contribution in [0.5, 0.6) is 0 Å². The number of nitrogens with two attached hydrogens (primary N) is 3. The Morgan fingerprint density at radius 2 is 1.12 bits per heavy atom. The average molecular weight is 1660 g/mol. The SMILES string of the molecule is C=CC#N.CC(C)[C@@]1(C)C(=O)C(Br)CN1C(=O)OCc1ccccc1.CC(C)[C@@]1(C)C(=O)CCN1C(=O)OCc1ccccc1.CC(C)[C@](C)(N)C(=O)O.CC(C)[C@]1(C)NCCC1=O.COC(=O)C1CN[C@@](C)(C(C)C)C1=O.COC(=O)[C@@](C)(CCCC(C)=O)C(C)C.Cl.NC(N)=S.[C-]#[N+]CCC[C@](C)(C(=O)O)C(C)C. The predicted octanol–water partition coefficient (Wildman–Crippen LogP) is 13.5. The molecule has 9 atom stereocenters. The van der Waals surface area contributed by atoms with Crippen LogP contribution in [0.2, 0.25) is 0 Å². The van der Waals surface area contributed by atoms with Crippen LogP contribution in [0.1, 0.15) is 208 Å². The number of carboxylic acid groups (broad SMARTS) is 2. The monoisotopic (exact) mass is 1660 g/mol. The van der Waals surface area contributed by atoms with Crippen molar-refractivity contribution < 1.29 is 81.9 Å². The molecule has 0 spiro atoms. The van der Waals surface area contributed by atoms with Gasteiger partial charge in [0.25, 0.3) is 0 Å². The van der Waals surface area contributed by atoms with Crippen LogP contribution < -0.4 is 27.8 Å². The summed E-state index contributed by atoms with van der Waals surface area (Å²) in [5.41, 5.74) is 11.9. The molecule has 2 unspecified atom stereocenters. The van der Waals surface area contributed by atoms with E-state index in [4.69, 9.17) is 42.0 Å². The van der Waals surface area contributed by atoms with Crippen LogP contribution in [-0.4, -0.2) is 170 Å². The first-order valence-electron chi connectivity index (χ1n) is 37.2. The lowest BCUT2D eigenvalue weighted by Crippen LogP contribution is -2.52. The van der Waals surface area contributed by atoms with Crippen molar-refractivity contribution in [2.45, 2.75) is 243 Å². The van der Waals surface area contributed by atoms with Crippen molar-refractivity contribution in [1.29, 1.82) is 5.26 Å². The van der Waals surface area contributed by atoms with E-state index < -0.39 is 69.0 Å². The lowest BCUT2D eigenvalue weighted by molar-refractivity contribution is -0.155. The molecule has 6 rings (SSSR count). The number of ether oxygens (including phenoxy) is 4. The van der Waals surface area contributed by atoms with Crippen LogP contribution in [0.3, 0.4) is 0 Å². The summed E-state index contributed by atoms with van der Waals surface area (Å²) in [6.45, 7) is 54.1. The predicted molar refractivity (Wildman–Crippen MR) is 443 cm³/mol. The summed E-state index contributed by atoms with van der Waals surface area (Å²) in [4.78, 5) is 133. The first kappa shape index (κ1) is 110. The highest BCUT2D eigenvalue weighted by atomic mass is 79.9. The van der Waals surface area contributed by atoms with Crippen LogP contribution >= 0.6 is 40.6 Å². The summed E-state index contributed by atoms with van der Waals surface area (Å²) >= 11 is 7.45. The quantitative estimate of drug-likeness (QED) is 0.00841. The smallest absolute Gasteiger partial charge is 0.410 e. The fraction of sp³-hybridized carbons (Fsp3) is 0.659. The van der Waals surface area contributed by atoms with E-state index in [0.29, 0.717) is 76.4 Å². The summed E-state index contributed by atoms with van der Waals surface area (Å²) < 4.78 is 20.1. The van der Waals surface area contributed by atoms with Crippen LogP contribution in [0, 0.1) is 76.1 Å². The standard InChI is InChI=1S/C16H20BrNO3.C16H21NO3.C12H22O3.C10H17NO3.C10H17NO2.C8H15NO.C6H13NO2.C3H3N.CH4N2S.ClH/c1-11(2)16(3)14(19)13(17)9-18(16)15(20)21-10-12-7-5-4-6-8-12;1-12(2)16(3)14(18)9-10-17(16)15(19)20-11-13-7-5-4-6-8-13;1-9(2)12(4,11(14)15-5)8-6-7-10(3)13;1-6(2)10(3)8(12)7(5-11-10)9(13)14-4;1-8(2)10(3,9(12)13)6-5-7-11-4;1-6(2)8(3)7(10)4-5-9-8;1-4(2)6(3,7)5(8)9;1-2-3-4;2-1(3)4;/h4-8,11,13H,9-10H2,1-3H3;4-8,12H,9-11H2,1-3H3;9H,6-8H2,1-5H3;6-7,11H,5H2,1-4H3;8H,5-7H2,1-3H3,(H,12,13);6,9H,4-5H2,1-3H3;4H,7H2,1-3H3,(H,8,9);2H,1H2;(H4,2,3,4);1H/t13?,16-;16-;12-;7?,10-;10-;8-;6-;;;/m0000000.../s1. The maximum Gasteiger partial charge on any atom is 0.410 e. The molecule has 26 nitrogen and oxygen atoms in total. The number of hydrogen-bond acceptors (Lipinski definition) is 20. The molecular weight excluding hydrogens is 1530 g/mol. The Balaban J connectivity index is -0.000000600. The van der Waals surface area contributed by atoms with Crippen molar-refractivity contribution in [2.24, 2.45) is 75.4 Å². The summed E-state index contributed by atoms with van der Waals surface area (Å²) in [5, 5.41) is 31.3. The molecule has 4 fully saturated rings. The largest absolute Gasteiger partial charge is 0.481 e. The summed E-state index contributed by atoms with van der Waals surface area (Å²) in [6, 6.07) is 20.7. The second kappa shape index (κ2) is 51.8. The number of esters is 2. The van der Waals surface area contributed by atoms with Gasteiger partial charge in [-0.15, -0.1) is 12.4 Å². The zero-order valence-corrected chi connectivity index (χ0v) is 73.6. The van der Waals surface area contributed by atoms with Gasteiger partial charge in [0, 0.05) is 57.9 Å². The van der Waals surface area contributed by atoms with Gasteiger partial charge in [0.2, 0.25) is 6.54 Å². The van der Waals surface area contributed by atoms with E-state index in [9.17, 15) is 52.7 Å². The van der Waals surface area contributed by atoms with Gasteiger partial charge in [0.15, 0.2) is 28.2 Å². The van der Waals surface area contributed by atoms with Crippen molar-refractivity contribution in [2.75, 3.05) is 46.9 Å². The van der Waals surface area contributed by atoms with Crippen LogP contribution in [-0.2, 0) is 75.3 Å². The summed E-state index contributed by atoms with van der Waals surface area (Å²) in [5.74, 6) is -1.36. The minimum atomic E-state index is -1.08. The molecule has 2 aromatic rings. The van der Waals surface area contributed by atoms with Crippen molar-refractivity contribution in [3.05, 3.63) is 95.9 Å². The molecule has 0 bridgehead atoms. The molecule has 10 N–H and O–H groups in total. The number of carbonyl (C=O) groups is 11. The highest BCUT2D eigenvalue weighted by molar-refractivity contribution is 9.10. The first-order chi connectivity index (χ1) is 50.7. The Morgan fingerprint density at radius 3 is 1.42 bits per heavy atom. The number of benzene rings is 2. The molecule has 111 heavy (non-hydrogen) atoms. The molecule has 4 aliphatic rings. The van der Waals surface area contributed by atoms with Crippen LogP contribution in [0.4, 0.5) is 9.59 Å². The van der Waals surface area contributed by atoms with E-state index in [2.05, 4.69) is 80.3 Å². The Hall–Kier alpha value is -7.73. The van der Waals surface area contributed by atoms with Crippen molar-refractivity contribution in [1.82, 2.24) is 20.4 Å². The number of rotatable bonds is 22. The lowest BCUT2D eigenvalue weighted by Gasteiger charge is -2.36. The number of hydrogen-bond donors (Lipinski definition) is 7. The van der Waals surface area contributed by atoms with Gasteiger partial charge in [-0.1, -0.05) is 180 Å². The molecular formula is C82H133BrClN9O17S. The normalized spacial score (nSPS) is 21.5. The number of allylic oxidation sites excluding steroid dienone is 1. The molecule has 0 aromatic heterocycles. The fourth-order valence-electron chi connectivity index (χ4n) is 11.1. The van der Waals surface area contributed by atoms with Gasteiger partial charge >= 0.3 is 36.1 Å². The van der Waals surface area contributed by atoms with E-state index in [0.717, 1.165) is 24.1 Å². The van der Waals surface area contributed by atoms with Gasteiger partial charge in [-0.05, 0) is 139 Å². The summed E-state index contributed by atoms with van der Waals surface area (Å²) in [7, 11) is 2.72. The number of nitriles is 1. The lowest BCUT2D eigenvalue weighted by atomic mass is 9.75. The van der Waals surface area contributed by atoms with E-state index in [1.165, 1.54) is 27.2 Å². The van der Waals surface area contributed by atoms with Crippen LogP contribution in [0.15, 0.2) is 73.3 Å². The number of carboxylic acids is 2. The van der Waals surface area contributed by atoms with Gasteiger partial charge in [-0.25, -0.2) is 16.2 Å². The number of ketones is 5. The van der Waals surface area contributed by atoms with E-state index in [1.54, 1.807) is 43.6 Å². The molecule has 4 heterocycles. The highest BCUT2D eigenvalue weighted by Gasteiger charge is 2.54. The Kier molecular flexibility index (Phi) is 51.2. The number of amides is 2. The molecule has 2 amide bonds. The fourth-order valence-corrected chi connectivity index (χ4v) is 11.8. The number of likely N-dealkylation sites (tertiary alicyclic amines) is 2.